The van der Waals surface area contributed by atoms with Crippen LogP contribution in [0.2, 0.25) is 0 Å². The molecule has 1 aliphatic carbocycles. The predicted octanol–water partition coefficient (Wildman–Crippen LogP) is 3.89. The van der Waals surface area contributed by atoms with Crippen LogP contribution < -0.4 is 0 Å². The Morgan fingerprint density at radius 1 is 1.26 bits per heavy atom. The smallest absolute Gasteiger partial charge is 0.178 e. The lowest BCUT2D eigenvalue weighted by atomic mass is 9.86. The summed E-state index contributed by atoms with van der Waals surface area (Å²) in [6.07, 6.45) is 8.59. The van der Waals surface area contributed by atoms with Crippen molar-refractivity contribution in [2.45, 2.75) is 62.4 Å². The third-order valence-electron chi connectivity index (χ3n) is 4.69. The number of hydrogen-bond acceptors (Lipinski definition) is 4. The van der Waals surface area contributed by atoms with E-state index in [1.165, 1.54) is 32.1 Å². The monoisotopic (exact) mass is 337 g/mol. The fourth-order valence-electron chi connectivity index (χ4n) is 3.32. The van der Waals surface area contributed by atoms with Gasteiger partial charge in [-0.15, -0.1) is 0 Å². The number of sulfone groups is 1. The largest absolute Gasteiger partial charge is 0.388 e. The Bertz CT molecular complexity index is 606. The predicted molar refractivity (Wildman–Crippen MR) is 92.7 cm³/mol. The highest BCUT2D eigenvalue weighted by atomic mass is 32.2. The van der Waals surface area contributed by atoms with Gasteiger partial charge in [0.2, 0.25) is 0 Å². The molecule has 1 aromatic carbocycles. The van der Waals surface area contributed by atoms with Crippen LogP contribution in [0.4, 0.5) is 0 Å². The van der Waals surface area contributed by atoms with Gasteiger partial charge in [-0.05, 0) is 42.7 Å². The van der Waals surface area contributed by atoms with E-state index in [1.54, 1.807) is 24.3 Å². The molecule has 0 heterocycles. The van der Waals surface area contributed by atoms with Crippen molar-refractivity contribution in [2.75, 3.05) is 5.75 Å². The van der Waals surface area contributed by atoms with Gasteiger partial charge in [0, 0.05) is 6.42 Å². The first kappa shape index (κ1) is 18.1. The van der Waals surface area contributed by atoms with E-state index < -0.39 is 15.9 Å². The number of hydrogen-bond donors (Lipinski definition) is 2. The normalized spacial score (nSPS) is 17.8. The molecule has 0 amide bonds. The fraction of sp³-hybridized carbons (Fsp3) is 0.611. The van der Waals surface area contributed by atoms with Gasteiger partial charge in [0.1, 0.15) is 0 Å². The second kappa shape index (κ2) is 8.60. The van der Waals surface area contributed by atoms with Gasteiger partial charge >= 0.3 is 0 Å². The third-order valence-corrected chi connectivity index (χ3v) is 6.49. The van der Waals surface area contributed by atoms with Crippen LogP contribution in [0.5, 0.6) is 0 Å². The number of rotatable bonds is 8. The highest BCUT2D eigenvalue weighted by Gasteiger charge is 2.18. The first-order valence-electron chi connectivity index (χ1n) is 8.52. The molecule has 0 aliphatic heterocycles. The molecule has 128 valence electrons. The summed E-state index contributed by atoms with van der Waals surface area (Å²) < 4.78 is 25.0. The van der Waals surface area contributed by atoms with E-state index >= 15 is 0 Å². The van der Waals surface area contributed by atoms with Crippen molar-refractivity contribution in [3.8, 4) is 0 Å². The van der Waals surface area contributed by atoms with E-state index in [9.17, 15) is 13.5 Å². The Labute approximate surface area is 139 Å². The first-order chi connectivity index (χ1) is 11.0. The molecule has 1 saturated carbocycles. The van der Waals surface area contributed by atoms with Gasteiger partial charge < -0.3 is 10.5 Å². The van der Waals surface area contributed by atoms with Gasteiger partial charge in [0.25, 0.3) is 0 Å². The molecule has 0 radical (unpaired) electrons. The number of nitrogens with one attached hydrogen (secondary N) is 1. The van der Waals surface area contributed by atoms with Crippen LogP contribution in [0, 0.1) is 11.3 Å². The van der Waals surface area contributed by atoms with Crippen molar-refractivity contribution in [1.82, 2.24) is 0 Å². The molecule has 0 spiro atoms. The summed E-state index contributed by atoms with van der Waals surface area (Å²) in [5.74, 6) is 0.868. The lowest BCUT2D eigenvalue weighted by molar-refractivity contribution is 0.187. The molecule has 1 atom stereocenters. The van der Waals surface area contributed by atoms with Crippen molar-refractivity contribution in [3.63, 3.8) is 0 Å². The molecule has 1 fully saturated rings. The van der Waals surface area contributed by atoms with E-state index in [0.29, 0.717) is 17.9 Å². The molecular formula is C18H27NO3S. The maximum atomic E-state index is 12.5. The average Bonchev–Trinajstić information content (AvgIpc) is 2.56. The number of aliphatic hydroxyl groups is 1. The molecule has 1 aromatic rings. The first-order valence-corrected chi connectivity index (χ1v) is 10.2. The quantitative estimate of drug-likeness (QED) is 0.706. The summed E-state index contributed by atoms with van der Waals surface area (Å²) in [4.78, 5) is 0.280. The van der Waals surface area contributed by atoms with Crippen LogP contribution in [0.1, 0.15) is 63.0 Å². The van der Waals surface area contributed by atoms with Crippen molar-refractivity contribution in [2.24, 2.45) is 5.92 Å². The van der Waals surface area contributed by atoms with Crippen molar-refractivity contribution < 1.29 is 13.5 Å². The van der Waals surface area contributed by atoms with Gasteiger partial charge in [0.05, 0.1) is 16.8 Å². The van der Waals surface area contributed by atoms with Crippen LogP contribution in [0.3, 0.4) is 0 Å². The van der Waals surface area contributed by atoms with E-state index in [2.05, 4.69) is 0 Å². The van der Waals surface area contributed by atoms with E-state index in [-0.39, 0.29) is 17.1 Å². The Balaban J connectivity index is 1.95. The molecule has 0 bridgehead atoms. The maximum Gasteiger partial charge on any atom is 0.178 e. The summed E-state index contributed by atoms with van der Waals surface area (Å²) >= 11 is 0. The second-order valence-corrected chi connectivity index (χ2v) is 8.60. The summed E-state index contributed by atoms with van der Waals surface area (Å²) in [5.41, 5.74) is 0.557. The maximum absolute atomic E-state index is 12.5. The van der Waals surface area contributed by atoms with Crippen molar-refractivity contribution in [3.05, 3.63) is 29.8 Å². The Kier molecular flexibility index (Phi) is 6.78. The third kappa shape index (κ3) is 5.43. The summed E-state index contributed by atoms with van der Waals surface area (Å²) in [5, 5.41) is 17.0. The Morgan fingerprint density at radius 3 is 2.70 bits per heavy atom. The zero-order chi connectivity index (χ0) is 16.7. The summed E-state index contributed by atoms with van der Waals surface area (Å²) in [6.45, 7) is 0. The van der Waals surface area contributed by atoms with Gasteiger partial charge in [0.15, 0.2) is 9.84 Å². The second-order valence-electron chi connectivity index (χ2n) is 6.49. The molecule has 2 rings (SSSR count). The van der Waals surface area contributed by atoms with Gasteiger partial charge in [-0.1, -0.05) is 44.2 Å². The zero-order valence-corrected chi connectivity index (χ0v) is 14.4. The number of aliphatic hydroxyl groups excluding tert-OH is 1. The van der Waals surface area contributed by atoms with E-state index in [4.69, 9.17) is 5.41 Å². The highest BCUT2D eigenvalue weighted by Crippen LogP contribution is 2.28. The molecule has 1 unspecified atom stereocenters. The van der Waals surface area contributed by atoms with Crippen molar-refractivity contribution in [1.29, 1.82) is 5.41 Å². The van der Waals surface area contributed by atoms with Gasteiger partial charge in [-0.25, -0.2) is 8.42 Å². The molecule has 2 N–H and O–H groups in total. The molecule has 1 aliphatic rings. The minimum atomic E-state index is -3.30. The van der Waals surface area contributed by atoms with Gasteiger partial charge in [-0.3, -0.25) is 0 Å². The minimum absolute atomic E-state index is 0.174. The van der Waals surface area contributed by atoms with Crippen LogP contribution >= 0.6 is 0 Å². The van der Waals surface area contributed by atoms with Crippen LogP contribution in [-0.4, -0.2) is 25.5 Å². The van der Waals surface area contributed by atoms with Crippen LogP contribution in [-0.2, 0) is 9.84 Å². The SMILES string of the molecule is N=CCC(O)c1cccc(S(=O)(=O)CCCC2CCCCC2)c1. The molecule has 4 nitrogen and oxygen atoms in total. The average molecular weight is 337 g/mol. The van der Waals surface area contributed by atoms with Crippen LogP contribution in [0.25, 0.3) is 0 Å². The lowest BCUT2D eigenvalue weighted by Crippen LogP contribution is -2.11. The summed E-state index contributed by atoms with van der Waals surface area (Å²) in [7, 11) is -3.30. The Hall–Kier alpha value is -1.20. The standard InChI is InChI=1S/C18H27NO3S/c19-12-11-18(20)16-9-4-10-17(14-16)23(21,22)13-5-8-15-6-2-1-3-7-15/h4,9-10,12,14-15,18-20H,1-3,5-8,11,13H2. The van der Waals surface area contributed by atoms with E-state index in [0.717, 1.165) is 12.6 Å². The summed E-state index contributed by atoms with van der Waals surface area (Å²) in [6, 6.07) is 6.51. The molecule has 23 heavy (non-hydrogen) atoms. The zero-order valence-electron chi connectivity index (χ0n) is 13.6. The molecule has 0 saturated heterocycles. The molecular weight excluding hydrogens is 310 g/mol. The topological polar surface area (TPSA) is 78.2 Å². The minimum Gasteiger partial charge on any atom is -0.388 e. The van der Waals surface area contributed by atoms with Crippen molar-refractivity contribution >= 4 is 16.1 Å². The lowest BCUT2D eigenvalue weighted by Gasteiger charge is -2.21. The molecule has 5 heteroatoms. The van der Waals surface area contributed by atoms with Crippen LogP contribution in [0.15, 0.2) is 29.2 Å². The fourth-order valence-corrected chi connectivity index (χ4v) is 4.70. The van der Waals surface area contributed by atoms with E-state index in [1.807, 2.05) is 0 Å². The number of benzene rings is 1. The highest BCUT2D eigenvalue weighted by molar-refractivity contribution is 7.91. The van der Waals surface area contributed by atoms with Gasteiger partial charge in [-0.2, -0.15) is 0 Å². The Morgan fingerprint density at radius 2 is 2.00 bits per heavy atom. The molecule has 0 aromatic heterocycles.